The number of hydrogen-bond donors (Lipinski definition) is 1. The number of carboxylic acid groups (broad SMARTS) is 1. The number of hydrogen-bond acceptors (Lipinski definition) is 4. The van der Waals surface area contributed by atoms with E-state index in [0.29, 0.717) is 18.6 Å². The second-order valence-corrected chi connectivity index (χ2v) is 7.63. The summed E-state index contributed by atoms with van der Waals surface area (Å²) in [4.78, 5) is 23.0. The molecule has 1 fully saturated rings. The molecule has 0 amide bonds. The Morgan fingerprint density at radius 1 is 1.19 bits per heavy atom. The first-order chi connectivity index (χ1) is 13.0. The quantitative estimate of drug-likeness (QED) is 0.326. The van der Waals surface area contributed by atoms with Crippen LogP contribution in [0.1, 0.15) is 77.6 Å². The molecule has 1 saturated carbocycles. The Labute approximate surface area is 164 Å². The highest BCUT2D eigenvalue weighted by Crippen LogP contribution is 2.36. The molecule has 5 nitrogen and oxygen atoms in total. The van der Waals surface area contributed by atoms with Crippen molar-refractivity contribution in [2.75, 3.05) is 14.2 Å². The lowest BCUT2D eigenvalue weighted by molar-refractivity contribution is -0.137. The molecule has 0 aliphatic heterocycles. The van der Waals surface area contributed by atoms with Crippen LogP contribution >= 0.6 is 0 Å². The maximum Gasteiger partial charge on any atom is 0.303 e. The zero-order chi connectivity index (χ0) is 20.1. The molecule has 1 N–H and O–H groups in total. The smallest absolute Gasteiger partial charge is 0.303 e. The number of ketones is 1. The number of methoxy groups -OCH3 is 2. The summed E-state index contributed by atoms with van der Waals surface area (Å²) >= 11 is 0. The van der Waals surface area contributed by atoms with Crippen LogP contribution in [-0.4, -0.2) is 43.3 Å². The highest BCUT2D eigenvalue weighted by atomic mass is 16.5. The summed E-state index contributed by atoms with van der Waals surface area (Å²) in [5.41, 5.74) is 0. The molecular formula is C22H38O5. The molecule has 1 aliphatic carbocycles. The van der Waals surface area contributed by atoms with E-state index in [9.17, 15) is 9.59 Å². The zero-order valence-electron chi connectivity index (χ0n) is 17.3. The SMILES string of the molecule is CCCCCC(/C=C/[C@H]1C(OC)CC(=O)[C@@H]1CCCCCCC(=O)O)OC. The molecule has 1 rings (SSSR count). The highest BCUT2D eigenvalue weighted by molar-refractivity contribution is 5.84. The summed E-state index contributed by atoms with van der Waals surface area (Å²) in [7, 11) is 3.42. The highest BCUT2D eigenvalue weighted by Gasteiger charge is 2.40. The van der Waals surface area contributed by atoms with E-state index in [1.807, 2.05) is 0 Å². The van der Waals surface area contributed by atoms with Crippen LogP contribution in [0.5, 0.6) is 0 Å². The summed E-state index contributed by atoms with van der Waals surface area (Å²) in [5.74, 6) is -0.313. The van der Waals surface area contributed by atoms with Crippen molar-refractivity contribution in [3.63, 3.8) is 0 Å². The molecule has 4 atom stereocenters. The van der Waals surface area contributed by atoms with Gasteiger partial charge in [0.2, 0.25) is 0 Å². The molecule has 1 aliphatic rings. The fraction of sp³-hybridized carbons (Fsp3) is 0.818. The van der Waals surface area contributed by atoms with Crippen LogP contribution in [0.4, 0.5) is 0 Å². The average Bonchev–Trinajstić information content (AvgIpc) is 2.95. The number of aliphatic carboxylic acids is 1. The van der Waals surface area contributed by atoms with Crippen LogP contribution < -0.4 is 0 Å². The molecule has 0 aromatic carbocycles. The largest absolute Gasteiger partial charge is 0.481 e. The number of carbonyl (C=O) groups excluding carboxylic acids is 1. The number of unbranched alkanes of at least 4 members (excludes halogenated alkanes) is 5. The van der Waals surface area contributed by atoms with Gasteiger partial charge in [0, 0.05) is 38.9 Å². The van der Waals surface area contributed by atoms with Crippen molar-refractivity contribution in [2.45, 2.75) is 89.8 Å². The van der Waals surface area contributed by atoms with E-state index < -0.39 is 5.97 Å². The molecule has 2 unspecified atom stereocenters. The van der Waals surface area contributed by atoms with E-state index in [0.717, 1.165) is 38.5 Å². The molecule has 5 heteroatoms. The van der Waals surface area contributed by atoms with Gasteiger partial charge in [-0.05, 0) is 19.3 Å². The Hall–Kier alpha value is -1.20. The lowest BCUT2D eigenvalue weighted by Gasteiger charge is -2.21. The summed E-state index contributed by atoms with van der Waals surface area (Å²) in [5, 5.41) is 8.68. The minimum atomic E-state index is -0.735. The predicted molar refractivity (Wildman–Crippen MR) is 107 cm³/mol. The number of carbonyl (C=O) groups is 2. The van der Waals surface area contributed by atoms with Crippen molar-refractivity contribution in [1.29, 1.82) is 0 Å². The van der Waals surface area contributed by atoms with E-state index in [1.165, 1.54) is 12.8 Å². The Morgan fingerprint density at radius 2 is 1.93 bits per heavy atom. The third kappa shape index (κ3) is 9.02. The maximum absolute atomic E-state index is 12.5. The van der Waals surface area contributed by atoms with Gasteiger partial charge >= 0.3 is 5.97 Å². The van der Waals surface area contributed by atoms with E-state index in [-0.39, 0.29) is 30.5 Å². The molecule has 0 radical (unpaired) electrons. The summed E-state index contributed by atoms with van der Waals surface area (Å²) < 4.78 is 11.2. The average molecular weight is 383 g/mol. The Morgan fingerprint density at radius 3 is 2.56 bits per heavy atom. The number of rotatable bonds is 15. The minimum Gasteiger partial charge on any atom is -0.481 e. The predicted octanol–water partition coefficient (Wildman–Crippen LogP) is 4.78. The van der Waals surface area contributed by atoms with E-state index in [4.69, 9.17) is 14.6 Å². The first-order valence-electron chi connectivity index (χ1n) is 10.5. The van der Waals surface area contributed by atoms with Crippen molar-refractivity contribution in [2.24, 2.45) is 11.8 Å². The summed E-state index contributed by atoms with van der Waals surface area (Å²) in [6.45, 7) is 2.19. The van der Waals surface area contributed by atoms with Gasteiger partial charge in [0.25, 0.3) is 0 Å². The number of carboxylic acids is 1. The molecule has 27 heavy (non-hydrogen) atoms. The van der Waals surface area contributed by atoms with Crippen molar-refractivity contribution in [1.82, 2.24) is 0 Å². The van der Waals surface area contributed by atoms with Gasteiger partial charge in [-0.15, -0.1) is 0 Å². The van der Waals surface area contributed by atoms with Gasteiger partial charge in [-0.2, -0.15) is 0 Å². The lowest BCUT2D eigenvalue weighted by atomic mass is 9.88. The normalized spacial score (nSPS) is 24.0. The van der Waals surface area contributed by atoms with Gasteiger partial charge < -0.3 is 14.6 Å². The number of Topliss-reactive ketones (excluding diaryl/α,β-unsaturated/α-hetero) is 1. The first-order valence-corrected chi connectivity index (χ1v) is 10.5. The molecule has 0 aromatic rings. The maximum atomic E-state index is 12.5. The lowest BCUT2D eigenvalue weighted by Crippen LogP contribution is -2.21. The second-order valence-electron chi connectivity index (χ2n) is 7.63. The van der Waals surface area contributed by atoms with Crippen molar-refractivity contribution in [3.8, 4) is 0 Å². The molecule has 0 aromatic heterocycles. The van der Waals surface area contributed by atoms with Crippen molar-refractivity contribution >= 4 is 11.8 Å². The molecule has 156 valence electrons. The van der Waals surface area contributed by atoms with Crippen LogP contribution in [0.25, 0.3) is 0 Å². The molecule has 0 bridgehead atoms. The van der Waals surface area contributed by atoms with Crippen LogP contribution in [-0.2, 0) is 19.1 Å². The fourth-order valence-corrected chi connectivity index (χ4v) is 3.95. The monoisotopic (exact) mass is 382 g/mol. The van der Waals surface area contributed by atoms with Gasteiger partial charge in [0.1, 0.15) is 5.78 Å². The minimum absolute atomic E-state index is 0.0128. The first kappa shape index (κ1) is 23.8. The van der Waals surface area contributed by atoms with E-state index >= 15 is 0 Å². The van der Waals surface area contributed by atoms with Gasteiger partial charge in [-0.3, -0.25) is 9.59 Å². The van der Waals surface area contributed by atoms with Crippen molar-refractivity contribution in [3.05, 3.63) is 12.2 Å². The van der Waals surface area contributed by atoms with Gasteiger partial charge in [-0.25, -0.2) is 0 Å². The van der Waals surface area contributed by atoms with Crippen LogP contribution in [0.2, 0.25) is 0 Å². The Bertz CT molecular complexity index is 460. The van der Waals surface area contributed by atoms with Gasteiger partial charge in [0.15, 0.2) is 0 Å². The van der Waals surface area contributed by atoms with Gasteiger partial charge in [-0.1, -0.05) is 57.6 Å². The van der Waals surface area contributed by atoms with E-state index in [1.54, 1.807) is 14.2 Å². The molecule has 0 spiro atoms. The summed E-state index contributed by atoms with van der Waals surface area (Å²) in [6.07, 6.45) is 14.0. The third-order valence-corrected chi connectivity index (χ3v) is 5.61. The molecule has 0 saturated heterocycles. The van der Waals surface area contributed by atoms with Crippen LogP contribution in [0.15, 0.2) is 12.2 Å². The third-order valence-electron chi connectivity index (χ3n) is 5.61. The Kier molecular flexibility index (Phi) is 12.3. The topological polar surface area (TPSA) is 72.8 Å². The van der Waals surface area contributed by atoms with Crippen molar-refractivity contribution < 1.29 is 24.2 Å². The summed E-state index contributed by atoms with van der Waals surface area (Å²) in [6, 6.07) is 0. The van der Waals surface area contributed by atoms with Crippen LogP contribution in [0, 0.1) is 11.8 Å². The Balaban J connectivity index is 2.54. The second kappa shape index (κ2) is 13.9. The molecule has 0 heterocycles. The van der Waals surface area contributed by atoms with Crippen LogP contribution in [0.3, 0.4) is 0 Å². The van der Waals surface area contributed by atoms with E-state index in [2.05, 4.69) is 19.1 Å². The standard InChI is InChI=1S/C22H38O5/c1-4-5-8-11-17(26-2)14-15-19-18(20(23)16-21(19)27-3)12-9-6-7-10-13-22(24)25/h14-15,17-19,21H,4-13,16H2,1-3H3,(H,24,25)/b15-14+/t17?,18-,19-,21?/m1/s1. The fourth-order valence-electron chi connectivity index (χ4n) is 3.95. The van der Waals surface area contributed by atoms with Gasteiger partial charge in [0.05, 0.1) is 12.2 Å². The zero-order valence-corrected chi connectivity index (χ0v) is 17.3. The number of ether oxygens (including phenoxy) is 2. The molecular weight excluding hydrogens is 344 g/mol.